The number of anilines is 1. The number of benzene rings is 2. The minimum atomic E-state index is -1.18. The molecule has 2 bridgehead atoms. The number of nitrogens with zero attached hydrogens (tertiary/aromatic N) is 2. The average molecular weight is 547 g/mol. The maximum Gasteiger partial charge on any atom is 0.312 e. The number of aliphatic hydroxyl groups excluding tert-OH is 1. The summed E-state index contributed by atoms with van der Waals surface area (Å²) in [4.78, 5) is 45.4. The molecular formula is C32H38N2O6. The van der Waals surface area contributed by atoms with Crippen LogP contribution in [0.1, 0.15) is 33.1 Å². The Kier molecular flexibility index (Phi) is 7.59. The second-order valence-corrected chi connectivity index (χ2v) is 11.3. The summed E-state index contributed by atoms with van der Waals surface area (Å²) in [5, 5.41) is 11.7. The van der Waals surface area contributed by atoms with E-state index in [0.717, 1.165) is 10.8 Å². The Morgan fingerprint density at radius 1 is 1.20 bits per heavy atom. The van der Waals surface area contributed by atoms with Crippen LogP contribution in [-0.2, 0) is 23.9 Å². The quantitative estimate of drug-likeness (QED) is 0.261. The normalized spacial score (nSPS) is 30.4. The van der Waals surface area contributed by atoms with Crippen molar-refractivity contribution in [2.75, 3.05) is 31.2 Å². The van der Waals surface area contributed by atoms with Gasteiger partial charge in [-0.25, -0.2) is 0 Å². The first-order valence-electron chi connectivity index (χ1n) is 14.0. The number of esters is 1. The number of rotatable bonds is 11. The Bertz CT molecular complexity index is 1340. The van der Waals surface area contributed by atoms with Crippen molar-refractivity contribution in [3.8, 4) is 0 Å². The van der Waals surface area contributed by atoms with Gasteiger partial charge in [-0.1, -0.05) is 49.4 Å². The first-order valence-corrected chi connectivity index (χ1v) is 14.0. The van der Waals surface area contributed by atoms with Crippen LogP contribution in [0.3, 0.4) is 0 Å². The minimum absolute atomic E-state index is 0.0879. The lowest BCUT2D eigenvalue weighted by Crippen LogP contribution is -2.57. The van der Waals surface area contributed by atoms with Crippen LogP contribution in [-0.4, -0.2) is 71.3 Å². The van der Waals surface area contributed by atoms with Crippen molar-refractivity contribution in [1.82, 2.24) is 4.90 Å². The first-order chi connectivity index (χ1) is 19.2. The van der Waals surface area contributed by atoms with Crippen LogP contribution < -0.4 is 4.90 Å². The predicted molar refractivity (Wildman–Crippen MR) is 152 cm³/mol. The molecule has 2 aromatic carbocycles. The summed E-state index contributed by atoms with van der Waals surface area (Å²) < 4.78 is 12.3. The summed E-state index contributed by atoms with van der Waals surface area (Å²) in [6, 6.07) is 12.8. The van der Waals surface area contributed by atoms with E-state index in [4.69, 9.17) is 9.47 Å². The second kappa shape index (κ2) is 10.8. The van der Waals surface area contributed by atoms with E-state index in [-0.39, 0.29) is 44.0 Å². The Balaban J connectivity index is 1.58. The number of ether oxygens (including phenoxy) is 2. The van der Waals surface area contributed by atoms with Crippen LogP contribution in [0.5, 0.6) is 0 Å². The van der Waals surface area contributed by atoms with Gasteiger partial charge in [0, 0.05) is 25.4 Å². The minimum Gasteiger partial charge on any atom is -0.465 e. The van der Waals surface area contributed by atoms with Crippen molar-refractivity contribution in [2.24, 2.45) is 17.8 Å². The molecule has 2 amide bonds. The van der Waals surface area contributed by atoms with Crippen molar-refractivity contribution < 1.29 is 29.0 Å². The van der Waals surface area contributed by atoms with Crippen molar-refractivity contribution in [3.05, 3.63) is 67.8 Å². The van der Waals surface area contributed by atoms with Gasteiger partial charge >= 0.3 is 5.97 Å². The zero-order valence-electron chi connectivity index (χ0n) is 23.3. The largest absolute Gasteiger partial charge is 0.465 e. The number of carbonyl (C=O) groups excluding carboxylic acids is 3. The molecule has 212 valence electrons. The third-order valence-electron chi connectivity index (χ3n) is 9.05. The van der Waals surface area contributed by atoms with Crippen molar-refractivity contribution >= 4 is 34.2 Å². The molecule has 8 heteroatoms. The van der Waals surface area contributed by atoms with E-state index in [2.05, 4.69) is 13.2 Å². The smallest absolute Gasteiger partial charge is 0.312 e. The lowest BCUT2D eigenvalue weighted by Gasteiger charge is -2.37. The molecule has 3 saturated heterocycles. The molecule has 0 aliphatic carbocycles. The Morgan fingerprint density at radius 2 is 1.95 bits per heavy atom. The van der Waals surface area contributed by atoms with Crippen LogP contribution in [0, 0.1) is 17.8 Å². The fourth-order valence-corrected chi connectivity index (χ4v) is 7.13. The third kappa shape index (κ3) is 4.25. The van der Waals surface area contributed by atoms with Crippen LogP contribution in [0.15, 0.2) is 67.8 Å². The monoisotopic (exact) mass is 546 g/mol. The zero-order chi connectivity index (χ0) is 28.7. The van der Waals surface area contributed by atoms with Gasteiger partial charge in [0.2, 0.25) is 5.91 Å². The number of carbonyl (C=O) groups is 3. The molecule has 40 heavy (non-hydrogen) atoms. The highest BCUT2D eigenvalue weighted by Crippen LogP contribution is 2.65. The molecule has 3 aliphatic rings. The highest BCUT2D eigenvalue weighted by molar-refractivity contribution is 6.05. The number of amides is 2. The van der Waals surface area contributed by atoms with Crippen LogP contribution in [0.4, 0.5) is 5.69 Å². The van der Waals surface area contributed by atoms with Crippen molar-refractivity contribution in [1.29, 1.82) is 0 Å². The summed E-state index contributed by atoms with van der Waals surface area (Å²) in [5.74, 6) is -2.85. The molecule has 0 aromatic heterocycles. The lowest BCUT2D eigenvalue weighted by molar-refractivity contribution is -0.161. The number of fused-ring (bicyclic) bond motifs is 2. The third-order valence-corrected chi connectivity index (χ3v) is 9.05. The number of likely N-dealkylation sites (tertiary alicyclic amines) is 1. The molecule has 1 spiro atoms. The summed E-state index contributed by atoms with van der Waals surface area (Å²) in [7, 11) is 0. The topological polar surface area (TPSA) is 96.4 Å². The second-order valence-electron chi connectivity index (χ2n) is 11.3. The van der Waals surface area contributed by atoms with Crippen molar-refractivity contribution in [3.63, 3.8) is 0 Å². The fourth-order valence-electron chi connectivity index (χ4n) is 7.13. The molecule has 5 rings (SSSR count). The highest BCUT2D eigenvalue weighted by Gasteiger charge is 2.80. The maximum atomic E-state index is 14.6. The van der Waals surface area contributed by atoms with Gasteiger partial charge in [-0.3, -0.25) is 14.4 Å². The molecule has 3 aliphatic heterocycles. The number of hydrogen-bond donors (Lipinski definition) is 1. The first kappa shape index (κ1) is 28.1. The number of hydrogen-bond acceptors (Lipinski definition) is 6. The molecule has 0 radical (unpaired) electrons. The van der Waals surface area contributed by atoms with E-state index in [1.54, 1.807) is 17.1 Å². The van der Waals surface area contributed by atoms with E-state index < -0.39 is 35.0 Å². The van der Waals surface area contributed by atoms with Gasteiger partial charge in [0.25, 0.3) is 5.91 Å². The molecular weight excluding hydrogens is 508 g/mol. The van der Waals surface area contributed by atoms with Gasteiger partial charge in [-0.05, 0) is 55.0 Å². The Hall–Kier alpha value is -3.49. The molecule has 1 N–H and O–H groups in total. The molecule has 2 aromatic rings. The molecule has 3 fully saturated rings. The summed E-state index contributed by atoms with van der Waals surface area (Å²) >= 11 is 0. The number of aliphatic hydroxyl groups is 1. The summed E-state index contributed by atoms with van der Waals surface area (Å²) in [6.45, 7) is 11.9. The van der Waals surface area contributed by atoms with Gasteiger partial charge in [-0.2, -0.15) is 0 Å². The van der Waals surface area contributed by atoms with Crippen LogP contribution in [0.2, 0.25) is 0 Å². The van der Waals surface area contributed by atoms with E-state index in [0.29, 0.717) is 24.9 Å². The van der Waals surface area contributed by atoms with E-state index in [1.807, 2.05) is 56.3 Å². The van der Waals surface area contributed by atoms with Gasteiger partial charge in [0.15, 0.2) is 0 Å². The van der Waals surface area contributed by atoms with E-state index >= 15 is 0 Å². The van der Waals surface area contributed by atoms with Crippen molar-refractivity contribution in [2.45, 2.75) is 50.4 Å². The standard InChI is InChI=1S/C32H38N2O6/c1-5-7-18-39-30(38)26-25-28(36)34(16-10-17-35)27(32(25)20-21(3)31(26,4)40-32)29(37)33(15-6-2)24-14-13-22-11-8-9-12-23(22)19-24/h5-6,8-9,11-14,19,21,25-27,35H,1-2,7,10,15-18,20H2,3-4H3/t21?,25-,26+,27?,31-,32?/m0/s1. The average Bonchev–Trinajstić information content (AvgIpc) is 3.46. The fraction of sp³-hybridized carbons (Fsp3) is 0.469. The summed E-state index contributed by atoms with van der Waals surface area (Å²) in [5.41, 5.74) is -1.44. The molecule has 8 nitrogen and oxygen atoms in total. The van der Waals surface area contributed by atoms with E-state index in [9.17, 15) is 19.5 Å². The Labute approximate surface area is 235 Å². The highest BCUT2D eigenvalue weighted by atomic mass is 16.6. The molecule has 6 atom stereocenters. The van der Waals surface area contributed by atoms with Gasteiger partial charge in [0.1, 0.15) is 17.6 Å². The molecule has 0 saturated carbocycles. The summed E-state index contributed by atoms with van der Waals surface area (Å²) in [6.07, 6.45) is 4.59. The zero-order valence-corrected chi connectivity index (χ0v) is 23.3. The van der Waals surface area contributed by atoms with Gasteiger partial charge in [-0.15, -0.1) is 13.2 Å². The Morgan fingerprint density at radius 3 is 2.65 bits per heavy atom. The predicted octanol–water partition coefficient (Wildman–Crippen LogP) is 3.87. The lowest BCUT2D eigenvalue weighted by atomic mass is 9.62. The maximum absolute atomic E-state index is 14.6. The van der Waals surface area contributed by atoms with E-state index in [1.165, 1.54) is 4.90 Å². The molecule has 3 heterocycles. The van der Waals surface area contributed by atoms with Gasteiger partial charge in [0.05, 0.1) is 18.1 Å². The SMILES string of the molecule is C=CCCOC(=O)[C@H]1[C@H]2C(=O)N(CCCO)C(C(=O)N(CC=C)c3ccc4ccccc4c3)C23CC(C)[C@]1(C)O3. The van der Waals surface area contributed by atoms with Gasteiger partial charge < -0.3 is 24.4 Å². The van der Waals surface area contributed by atoms with Crippen LogP contribution in [0.25, 0.3) is 10.8 Å². The van der Waals surface area contributed by atoms with Crippen LogP contribution >= 0.6 is 0 Å². The molecule has 3 unspecified atom stereocenters.